The average Bonchev–Trinajstić information content (AvgIpc) is 3.97. The van der Waals surface area contributed by atoms with Crippen LogP contribution in [0.2, 0.25) is 0 Å². The summed E-state index contributed by atoms with van der Waals surface area (Å²) in [7, 11) is 0. The third-order valence-corrected chi connectivity index (χ3v) is 9.55. The first-order valence-electron chi connectivity index (χ1n) is 17.1. The van der Waals surface area contributed by atoms with Gasteiger partial charge in [0.2, 0.25) is 0 Å². The minimum Gasteiger partial charge on any atom is -0.494 e. The van der Waals surface area contributed by atoms with Crippen LogP contribution < -0.4 is 26.0 Å². The van der Waals surface area contributed by atoms with Crippen LogP contribution in [0.4, 0.5) is 24.5 Å². The molecule has 9 nitrogen and oxygen atoms in total. The highest BCUT2D eigenvalue weighted by Gasteiger charge is 2.42. The number of hydrogen-bond acceptors (Lipinski definition) is 7. The zero-order valence-electron chi connectivity index (χ0n) is 27.9. The van der Waals surface area contributed by atoms with Gasteiger partial charge in [-0.25, -0.2) is 0 Å². The summed E-state index contributed by atoms with van der Waals surface area (Å²) in [6.45, 7) is 4.40. The Morgan fingerprint density at radius 2 is 1.12 bits per heavy atom. The monoisotopic (exact) mass is 700 g/mol. The fraction of sp³-hybridized carbons (Fsp3) is 0.333. The number of carbonyl (C=O) groups excluding carboxylic acids is 2. The quantitative estimate of drug-likeness (QED) is 0.158. The molecule has 4 heterocycles. The van der Waals surface area contributed by atoms with Gasteiger partial charge in [-0.3, -0.25) is 9.59 Å². The van der Waals surface area contributed by atoms with E-state index >= 15 is 0 Å². The molecule has 4 aromatic carbocycles. The van der Waals surface area contributed by atoms with Gasteiger partial charge in [0.05, 0.1) is 36.6 Å². The van der Waals surface area contributed by atoms with E-state index in [-0.39, 0.29) is 30.1 Å². The zero-order chi connectivity index (χ0) is 35.5. The minimum atomic E-state index is -4.39. The standard InChI is InChI=1S/C20H22N2O3.C19H17F3N2O2/c1-2-24-16-9-7-15(8-10-16)22-20(23)14-5-3-13(4-6-14)19-18-11-17(25-19)12-21-18;20-19(21,22)13-5-7-14(8-6-13)24-18(25)12-3-1-11(2-4-12)17-16-9-15(26-17)10-23-16/h3-10,17-19,21H,2,11-12H2,1H3,(H,22,23);1-8,15-17,23H,9-10H2,(H,24,25)/t17-,18-,19+;15-,16-,17+/m00/s1. The topological polar surface area (TPSA) is 110 Å². The van der Waals surface area contributed by atoms with E-state index < -0.39 is 11.7 Å². The number of anilines is 2. The third kappa shape index (κ3) is 8.10. The Balaban J connectivity index is 0.000000159. The molecule has 0 saturated carbocycles. The lowest BCUT2D eigenvalue weighted by Crippen LogP contribution is -2.34. The van der Waals surface area contributed by atoms with Gasteiger partial charge in [-0.2, -0.15) is 13.2 Å². The average molecular weight is 701 g/mol. The van der Waals surface area contributed by atoms with E-state index in [1.165, 1.54) is 12.1 Å². The van der Waals surface area contributed by atoms with Gasteiger partial charge in [-0.1, -0.05) is 24.3 Å². The van der Waals surface area contributed by atoms with Gasteiger partial charge in [0.1, 0.15) is 5.75 Å². The fourth-order valence-electron chi connectivity index (χ4n) is 6.96. The van der Waals surface area contributed by atoms with Crippen molar-refractivity contribution in [1.82, 2.24) is 10.6 Å². The van der Waals surface area contributed by atoms with Crippen LogP contribution in [0.5, 0.6) is 5.75 Å². The molecule has 266 valence electrons. The lowest BCUT2D eigenvalue weighted by Gasteiger charge is -2.23. The number of fused-ring (bicyclic) bond motifs is 4. The van der Waals surface area contributed by atoms with Gasteiger partial charge >= 0.3 is 6.18 Å². The van der Waals surface area contributed by atoms with E-state index in [0.717, 1.165) is 60.6 Å². The molecule has 51 heavy (non-hydrogen) atoms. The molecule has 0 aliphatic carbocycles. The second-order valence-electron chi connectivity index (χ2n) is 13.0. The van der Waals surface area contributed by atoms with E-state index in [1.54, 1.807) is 12.1 Å². The van der Waals surface area contributed by atoms with E-state index in [0.29, 0.717) is 41.6 Å². The molecule has 4 bridgehead atoms. The highest BCUT2D eigenvalue weighted by atomic mass is 19.4. The number of ether oxygens (including phenoxy) is 3. The molecule has 4 aromatic rings. The Morgan fingerprint density at radius 3 is 1.47 bits per heavy atom. The predicted molar refractivity (Wildman–Crippen MR) is 186 cm³/mol. The Bertz CT molecular complexity index is 1820. The molecule has 4 N–H and O–H groups in total. The number of alkyl halides is 3. The molecule has 12 heteroatoms. The number of benzene rings is 4. The second kappa shape index (κ2) is 14.8. The molecule has 0 spiro atoms. The number of amides is 2. The first kappa shape index (κ1) is 34.7. The Labute approximate surface area is 293 Å². The molecule has 4 saturated heterocycles. The maximum Gasteiger partial charge on any atom is 0.416 e. The summed E-state index contributed by atoms with van der Waals surface area (Å²) in [5.41, 5.74) is 3.51. The van der Waals surface area contributed by atoms with Crippen LogP contribution in [0, 0.1) is 0 Å². The highest BCUT2D eigenvalue weighted by molar-refractivity contribution is 6.04. The van der Waals surface area contributed by atoms with Crippen molar-refractivity contribution in [2.75, 3.05) is 30.3 Å². The van der Waals surface area contributed by atoms with Crippen molar-refractivity contribution in [3.05, 3.63) is 125 Å². The number of carbonyl (C=O) groups is 2. The molecular weight excluding hydrogens is 661 g/mol. The molecular formula is C39H39F3N4O5. The van der Waals surface area contributed by atoms with Crippen molar-refractivity contribution in [2.45, 2.75) is 62.4 Å². The molecule has 0 radical (unpaired) electrons. The summed E-state index contributed by atoms with van der Waals surface area (Å²) in [5, 5.41) is 12.4. The summed E-state index contributed by atoms with van der Waals surface area (Å²) >= 11 is 0. The van der Waals surface area contributed by atoms with E-state index in [4.69, 9.17) is 14.2 Å². The SMILES string of the molecule is CCOc1ccc(NC(=O)c2ccc([C@H]3O[C@@H]4CN[C@H]3C4)cc2)cc1.O=C(Nc1ccc(C(F)(F)F)cc1)c1ccc([C@H]2O[C@@H]3CN[C@H]2C3)cc1. The predicted octanol–water partition coefficient (Wildman–Crippen LogP) is 6.90. The lowest BCUT2D eigenvalue weighted by molar-refractivity contribution is -0.137. The third-order valence-electron chi connectivity index (χ3n) is 9.55. The zero-order valence-corrected chi connectivity index (χ0v) is 27.9. The van der Waals surface area contributed by atoms with Crippen molar-refractivity contribution >= 4 is 23.2 Å². The van der Waals surface area contributed by atoms with Crippen LogP contribution in [0.25, 0.3) is 0 Å². The van der Waals surface area contributed by atoms with Crippen LogP contribution in [-0.4, -0.2) is 55.8 Å². The van der Waals surface area contributed by atoms with Gasteiger partial charge in [-0.15, -0.1) is 0 Å². The van der Waals surface area contributed by atoms with Gasteiger partial charge in [0, 0.05) is 47.7 Å². The Hall–Kier alpha value is -4.75. The fourth-order valence-corrected chi connectivity index (χ4v) is 6.96. The van der Waals surface area contributed by atoms with Gasteiger partial charge in [-0.05, 0) is 104 Å². The Morgan fingerprint density at radius 1 is 0.686 bits per heavy atom. The molecule has 8 rings (SSSR count). The van der Waals surface area contributed by atoms with Gasteiger partial charge in [0.15, 0.2) is 0 Å². The lowest BCUT2D eigenvalue weighted by atomic mass is 10.0. The summed E-state index contributed by atoms with van der Waals surface area (Å²) in [6.07, 6.45) is -1.63. The van der Waals surface area contributed by atoms with Crippen molar-refractivity contribution in [3.8, 4) is 5.75 Å². The molecule has 0 aromatic heterocycles. The van der Waals surface area contributed by atoms with E-state index in [9.17, 15) is 22.8 Å². The molecule has 0 unspecified atom stereocenters. The largest absolute Gasteiger partial charge is 0.494 e. The number of rotatable bonds is 8. The number of nitrogens with one attached hydrogen (secondary N) is 4. The maximum absolute atomic E-state index is 12.6. The van der Waals surface area contributed by atoms with Crippen LogP contribution in [0.3, 0.4) is 0 Å². The van der Waals surface area contributed by atoms with Crippen molar-refractivity contribution < 1.29 is 37.0 Å². The summed E-state index contributed by atoms with van der Waals surface area (Å²) in [5.74, 6) is 0.301. The van der Waals surface area contributed by atoms with Gasteiger partial charge in [0.25, 0.3) is 11.8 Å². The maximum atomic E-state index is 12.6. The number of morpholine rings is 2. The number of hydrogen-bond donors (Lipinski definition) is 4. The molecule has 2 amide bonds. The Kier molecular flexibility index (Phi) is 10.1. The first-order chi connectivity index (χ1) is 24.6. The first-order valence-corrected chi connectivity index (χ1v) is 17.1. The van der Waals surface area contributed by atoms with Crippen LogP contribution in [0.15, 0.2) is 97.1 Å². The molecule has 6 atom stereocenters. The van der Waals surface area contributed by atoms with Gasteiger partial charge < -0.3 is 35.5 Å². The normalized spacial score (nSPS) is 24.5. The molecule has 4 aliphatic rings. The van der Waals surface area contributed by atoms with E-state index in [2.05, 4.69) is 21.3 Å². The van der Waals surface area contributed by atoms with E-state index in [1.807, 2.05) is 67.6 Å². The smallest absolute Gasteiger partial charge is 0.416 e. The molecule has 4 fully saturated rings. The van der Waals surface area contributed by atoms with Crippen molar-refractivity contribution in [3.63, 3.8) is 0 Å². The summed E-state index contributed by atoms with van der Waals surface area (Å²) in [4.78, 5) is 24.7. The van der Waals surface area contributed by atoms with Crippen molar-refractivity contribution in [2.24, 2.45) is 0 Å². The molecule has 4 aliphatic heterocycles. The second-order valence-corrected chi connectivity index (χ2v) is 13.0. The number of halogens is 3. The van der Waals surface area contributed by atoms with Crippen LogP contribution in [-0.2, 0) is 15.7 Å². The highest BCUT2D eigenvalue weighted by Crippen LogP contribution is 2.38. The van der Waals surface area contributed by atoms with Crippen LogP contribution in [0.1, 0.15) is 69.4 Å². The minimum absolute atomic E-state index is 0.000717. The van der Waals surface area contributed by atoms with Crippen molar-refractivity contribution in [1.29, 1.82) is 0 Å². The summed E-state index contributed by atoms with van der Waals surface area (Å²) < 4.78 is 55.0. The van der Waals surface area contributed by atoms with Crippen LogP contribution >= 0.6 is 0 Å². The summed E-state index contributed by atoms with van der Waals surface area (Å²) in [6, 6.07) is 27.2.